The highest BCUT2D eigenvalue weighted by atomic mass is 32.1. The molecular weight excluding hydrogens is 280 g/mol. The lowest BCUT2D eigenvalue weighted by molar-refractivity contribution is 0.482. The predicted octanol–water partition coefficient (Wildman–Crippen LogP) is 4.89. The lowest BCUT2D eigenvalue weighted by atomic mass is 10.2. The molecule has 3 nitrogen and oxygen atoms in total. The topological polar surface area (TPSA) is 29.9 Å². The molecule has 0 spiro atoms. The summed E-state index contributed by atoms with van der Waals surface area (Å²) in [6.45, 7) is 2.11. The van der Waals surface area contributed by atoms with Crippen LogP contribution in [0.25, 0.3) is 5.69 Å². The van der Waals surface area contributed by atoms with Gasteiger partial charge in [-0.15, -0.1) is 0 Å². The van der Waals surface area contributed by atoms with E-state index in [4.69, 9.17) is 17.0 Å². The molecule has 4 heteroatoms. The SMILES string of the molecule is CCc1c[nH]c(=S)n1-c1ccc(Oc2ccccc2)cc1. The lowest BCUT2D eigenvalue weighted by Gasteiger charge is -2.09. The van der Waals surface area contributed by atoms with Crippen LogP contribution >= 0.6 is 12.2 Å². The van der Waals surface area contributed by atoms with Crippen LogP contribution in [-0.4, -0.2) is 9.55 Å². The highest BCUT2D eigenvalue weighted by molar-refractivity contribution is 7.71. The third-order valence-corrected chi connectivity index (χ3v) is 3.59. The van der Waals surface area contributed by atoms with E-state index >= 15 is 0 Å². The molecule has 0 atom stereocenters. The van der Waals surface area contributed by atoms with Crippen molar-refractivity contribution < 1.29 is 4.74 Å². The van der Waals surface area contributed by atoms with Crippen LogP contribution in [0, 0.1) is 4.77 Å². The Morgan fingerprint density at radius 1 is 1.00 bits per heavy atom. The molecule has 0 unspecified atom stereocenters. The third-order valence-electron chi connectivity index (χ3n) is 3.29. The number of rotatable bonds is 4. The summed E-state index contributed by atoms with van der Waals surface area (Å²) in [4.78, 5) is 3.09. The summed E-state index contributed by atoms with van der Waals surface area (Å²) >= 11 is 5.34. The number of hydrogen-bond donors (Lipinski definition) is 1. The van der Waals surface area contributed by atoms with Gasteiger partial charge in [-0.25, -0.2) is 0 Å². The number of ether oxygens (including phenoxy) is 1. The van der Waals surface area contributed by atoms with Gasteiger partial charge >= 0.3 is 0 Å². The van der Waals surface area contributed by atoms with Crippen molar-refractivity contribution in [2.24, 2.45) is 0 Å². The number of para-hydroxylation sites is 1. The van der Waals surface area contributed by atoms with E-state index in [0.717, 1.165) is 29.3 Å². The van der Waals surface area contributed by atoms with Crippen LogP contribution in [0.15, 0.2) is 60.8 Å². The Kier molecular flexibility index (Phi) is 3.88. The molecule has 106 valence electrons. The minimum atomic E-state index is 0.712. The quantitative estimate of drug-likeness (QED) is 0.695. The van der Waals surface area contributed by atoms with E-state index in [0.29, 0.717) is 4.77 Å². The molecule has 3 rings (SSSR count). The normalized spacial score (nSPS) is 10.5. The zero-order valence-corrected chi connectivity index (χ0v) is 12.6. The van der Waals surface area contributed by atoms with Gasteiger partial charge < -0.3 is 9.72 Å². The molecule has 1 N–H and O–H groups in total. The van der Waals surface area contributed by atoms with Crippen molar-refractivity contribution in [3.8, 4) is 17.2 Å². The average molecular weight is 296 g/mol. The van der Waals surface area contributed by atoms with E-state index in [-0.39, 0.29) is 0 Å². The fourth-order valence-corrected chi connectivity index (χ4v) is 2.52. The Hall–Kier alpha value is -2.33. The standard InChI is InChI=1S/C17H16N2OS/c1-2-13-12-18-17(21)19(13)14-8-10-16(11-9-14)20-15-6-4-3-5-7-15/h3-12H,2H2,1H3,(H,18,21). The third kappa shape index (κ3) is 2.90. The number of imidazole rings is 1. The number of nitrogens with zero attached hydrogens (tertiary/aromatic N) is 1. The number of aryl methyl sites for hydroxylation is 1. The number of aromatic nitrogens is 2. The second-order valence-corrected chi connectivity index (χ2v) is 5.07. The fraction of sp³-hybridized carbons (Fsp3) is 0.118. The first-order valence-electron chi connectivity index (χ1n) is 6.90. The average Bonchev–Trinajstić information content (AvgIpc) is 2.90. The molecular formula is C17H16N2OS. The van der Waals surface area contributed by atoms with E-state index in [1.807, 2.05) is 65.4 Å². The second-order valence-electron chi connectivity index (χ2n) is 4.68. The van der Waals surface area contributed by atoms with E-state index in [1.54, 1.807) is 0 Å². The van der Waals surface area contributed by atoms with Crippen LogP contribution in [0.1, 0.15) is 12.6 Å². The highest BCUT2D eigenvalue weighted by Gasteiger charge is 2.05. The molecule has 0 radical (unpaired) electrons. The Labute approximate surface area is 128 Å². The van der Waals surface area contributed by atoms with Gasteiger partial charge in [0, 0.05) is 17.6 Å². The molecule has 0 saturated carbocycles. The Morgan fingerprint density at radius 2 is 1.67 bits per heavy atom. The predicted molar refractivity (Wildman–Crippen MR) is 86.8 cm³/mol. The van der Waals surface area contributed by atoms with Gasteiger partial charge in [0.15, 0.2) is 4.77 Å². The molecule has 0 aliphatic carbocycles. The summed E-state index contributed by atoms with van der Waals surface area (Å²) in [5, 5.41) is 0. The van der Waals surface area contributed by atoms with E-state index in [2.05, 4.69) is 11.9 Å². The first-order valence-corrected chi connectivity index (χ1v) is 7.31. The maximum atomic E-state index is 5.79. The van der Waals surface area contributed by atoms with Crippen molar-refractivity contribution in [2.75, 3.05) is 0 Å². The van der Waals surface area contributed by atoms with Gasteiger partial charge in [0.2, 0.25) is 0 Å². The smallest absolute Gasteiger partial charge is 0.182 e. The van der Waals surface area contributed by atoms with Crippen LogP contribution in [0.5, 0.6) is 11.5 Å². The van der Waals surface area contributed by atoms with E-state index in [1.165, 1.54) is 0 Å². The van der Waals surface area contributed by atoms with Gasteiger partial charge in [-0.1, -0.05) is 25.1 Å². The first kappa shape index (κ1) is 13.6. The molecule has 2 aromatic carbocycles. The van der Waals surface area contributed by atoms with Gasteiger partial charge in [-0.3, -0.25) is 4.57 Å². The second kappa shape index (κ2) is 5.97. The summed E-state index contributed by atoms with van der Waals surface area (Å²) in [6, 6.07) is 17.7. The molecule has 0 amide bonds. The van der Waals surface area contributed by atoms with Crippen LogP contribution in [0.4, 0.5) is 0 Å². The van der Waals surface area contributed by atoms with Crippen molar-refractivity contribution in [1.29, 1.82) is 0 Å². The van der Waals surface area contributed by atoms with Crippen LogP contribution in [0.2, 0.25) is 0 Å². The van der Waals surface area contributed by atoms with Crippen LogP contribution in [0.3, 0.4) is 0 Å². The summed E-state index contributed by atoms with van der Waals surface area (Å²) in [6.07, 6.45) is 2.88. The van der Waals surface area contributed by atoms with Crippen molar-refractivity contribution in [3.63, 3.8) is 0 Å². The summed E-state index contributed by atoms with van der Waals surface area (Å²) in [5.74, 6) is 1.64. The zero-order chi connectivity index (χ0) is 14.7. The molecule has 0 saturated heterocycles. The monoisotopic (exact) mass is 296 g/mol. The highest BCUT2D eigenvalue weighted by Crippen LogP contribution is 2.23. The molecule has 0 aliphatic rings. The minimum absolute atomic E-state index is 0.712. The number of hydrogen-bond acceptors (Lipinski definition) is 2. The largest absolute Gasteiger partial charge is 0.457 e. The fourth-order valence-electron chi connectivity index (χ4n) is 2.24. The molecule has 3 aromatic rings. The Bertz CT molecular complexity index is 773. The van der Waals surface area contributed by atoms with Crippen LogP contribution < -0.4 is 4.74 Å². The zero-order valence-electron chi connectivity index (χ0n) is 11.7. The molecule has 0 aliphatic heterocycles. The molecule has 1 heterocycles. The molecule has 0 bridgehead atoms. The summed E-state index contributed by atoms with van der Waals surface area (Å²) in [7, 11) is 0. The van der Waals surface area contributed by atoms with E-state index in [9.17, 15) is 0 Å². The molecule has 21 heavy (non-hydrogen) atoms. The van der Waals surface area contributed by atoms with Crippen LogP contribution in [-0.2, 0) is 6.42 Å². The maximum absolute atomic E-state index is 5.79. The summed E-state index contributed by atoms with van der Waals surface area (Å²) < 4.78 is 8.55. The maximum Gasteiger partial charge on any atom is 0.182 e. The first-order chi connectivity index (χ1) is 10.3. The van der Waals surface area contributed by atoms with Gasteiger partial charge in [-0.2, -0.15) is 0 Å². The molecule has 1 aromatic heterocycles. The van der Waals surface area contributed by atoms with Gasteiger partial charge in [0.25, 0.3) is 0 Å². The van der Waals surface area contributed by atoms with Crippen molar-refractivity contribution >= 4 is 12.2 Å². The van der Waals surface area contributed by atoms with E-state index < -0.39 is 0 Å². The lowest BCUT2D eigenvalue weighted by Crippen LogP contribution is -1.98. The number of benzene rings is 2. The molecule has 0 fully saturated rings. The minimum Gasteiger partial charge on any atom is -0.457 e. The Balaban J connectivity index is 1.87. The number of aromatic amines is 1. The van der Waals surface area contributed by atoms with Gasteiger partial charge in [0.1, 0.15) is 11.5 Å². The van der Waals surface area contributed by atoms with Crippen molar-refractivity contribution in [2.45, 2.75) is 13.3 Å². The van der Waals surface area contributed by atoms with Crippen molar-refractivity contribution in [3.05, 3.63) is 71.3 Å². The van der Waals surface area contributed by atoms with Crippen molar-refractivity contribution in [1.82, 2.24) is 9.55 Å². The van der Waals surface area contributed by atoms with Gasteiger partial charge in [0.05, 0.1) is 0 Å². The summed E-state index contributed by atoms with van der Waals surface area (Å²) in [5.41, 5.74) is 2.20. The van der Waals surface area contributed by atoms with Gasteiger partial charge in [-0.05, 0) is 55.0 Å². The number of nitrogens with one attached hydrogen (secondary N) is 1. The Morgan fingerprint density at radius 3 is 2.33 bits per heavy atom. The number of H-pyrrole nitrogens is 1.